The van der Waals surface area contributed by atoms with Crippen LogP contribution in [0.4, 0.5) is 0 Å². The van der Waals surface area contributed by atoms with E-state index in [0.29, 0.717) is 0 Å². The smallest absolute Gasteiger partial charge is 0.143 e. The average Bonchev–Trinajstić information content (AvgIpc) is 3.45. The van der Waals surface area contributed by atoms with E-state index in [9.17, 15) is 0 Å². The van der Waals surface area contributed by atoms with Crippen LogP contribution in [0.5, 0.6) is 0 Å². The Morgan fingerprint density at radius 1 is 0.326 bits per heavy atom. The van der Waals surface area contributed by atoms with Crippen molar-refractivity contribution in [3.05, 3.63) is 158 Å². The zero-order valence-electron chi connectivity index (χ0n) is 23.4. The van der Waals surface area contributed by atoms with Gasteiger partial charge in [-0.05, 0) is 78.3 Å². The zero-order chi connectivity index (χ0) is 28.3. The first-order valence-corrected chi connectivity index (χ1v) is 14.8. The molecule has 200 valence electrons. The van der Waals surface area contributed by atoms with E-state index >= 15 is 0 Å². The zero-order valence-corrected chi connectivity index (χ0v) is 23.4. The number of para-hydroxylation sites is 1. The van der Waals surface area contributed by atoms with Crippen LogP contribution in [0.2, 0.25) is 0 Å². The number of furan rings is 1. The molecule has 1 nitrogen and oxygen atoms in total. The normalized spacial score (nSPS) is 11.7. The molecule has 0 aliphatic carbocycles. The summed E-state index contributed by atoms with van der Waals surface area (Å²) in [6.07, 6.45) is 0. The highest BCUT2D eigenvalue weighted by atomic mass is 16.3. The van der Waals surface area contributed by atoms with E-state index in [2.05, 4.69) is 158 Å². The molecule has 0 radical (unpaired) electrons. The maximum Gasteiger partial charge on any atom is 0.143 e. The van der Waals surface area contributed by atoms with Crippen molar-refractivity contribution in [2.75, 3.05) is 0 Å². The van der Waals surface area contributed by atoms with E-state index in [0.717, 1.165) is 33.1 Å². The van der Waals surface area contributed by atoms with Crippen molar-refractivity contribution in [3.8, 4) is 33.4 Å². The van der Waals surface area contributed by atoms with Crippen LogP contribution in [0.3, 0.4) is 0 Å². The van der Waals surface area contributed by atoms with Crippen molar-refractivity contribution in [2.24, 2.45) is 0 Å². The van der Waals surface area contributed by atoms with Gasteiger partial charge in [0.2, 0.25) is 0 Å². The third-order valence-electron chi connectivity index (χ3n) is 8.84. The Balaban J connectivity index is 1.30. The molecule has 0 N–H and O–H groups in total. The van der Waals surface area contributed by atoms with Gasteiger partial charge in [0.25, 0.3) is 0 Å². The van der Waals surface area contributed by atoms with Crippen molar-refractivity contribution in [1.82, 2.24) is 0 Å². The molecular weight excluding hydrogens is 520 g/mol. The fourth-order valence-corrected chi connectivity index (χ4v) is 6.89. The fourth-order valence-electron chi connectivity index (χ4n) is 6.89. The third kappa shape index (κ3) is 3.72. The second-order valence-corrected chi connectivity index (χ2v) is 11.3. The predicted octanol–water partition coefficient (Wildman–Crippen LogP) is 12.0. The number of rotatable bonds is 3. The van der Waals surface area contributed by atoms with Crippen LogP contribution >= 0.6 is 0 Å². The van der Waals surface area contributed by atoms with Crippen molar-refractivity contribution in [2.45, 2.75) is 0 Å². The number of benzene rings is 8. The highest BCUT2D eigenvalue weighted by molar-refractivity contribution is 6.22. The minimum atomic E-state index is 0.904. The van der Waals surface area contributed by atoms with Gasteiger partial charge in [-0.3, -0.25) is 0 Å². The lowest BCUT2D eigenvalue weighted by Gasteiger charge is -2.17. The van der Waals surface area contributed by atoms with E-state index in [1.807, 2.05) is 0 Å². The molecule has 0 spiro atoms. The maximum atomic E-state index is 6.59. The van der Waals surface area contributed by atoms with E-state index in [1.54, 1.807) is 0 Å². The fraction of sp³-hybridized carbons (Fsp3) is 0. The molecule has 9 rings (SSSR count). The van der Waals surface area contributed by atoms with Crippen LogP contribution in [0.15, 0.2) is 162 Å². The van der Waals surface area contributed by atoms with Gasteiger partial charge in [0, 0.05) is 16.3 Å². The summed E-state index contributed by atoms with van der Waals surface area (Å²) < 4.78 is 6.59. The Hall–Kier alpha value is -5.66. The standard InChI is InChI=1S/C42H26O/c1-2-12-28(13-3-1)40-33-15-6-8-17-35(33)41(36-18-9-7-16-34(36)40)31-23-24-39-38(26-31)37-20-10-19-32(42(37)43-39)30-22-21-27-11-4-5-14-29(27)25-30/h1-26H. The topological polar surface area (TPSA) is 13.1 Å². The van der Waals surface area contributed by atoms with Crippen molar-refractivity contribution in [3.63, 3.8) is 0 Å². The number of hydrogen-bond acceptors (Lipinski definition) is 1. The lowest BCUT2D eigenvalue weighted by molar-refractivity contribution is 0.670. The van der Waals surface area contributed by atoms with Crippen LogP contribution < -0.4 is 0 Å². The molecule has 1 heteroatoms. The van der Waals surface area contributed by atoms with Gasteiger partial charge in [0.05, 0.1) is 0 Å². The van der Waals surface area contributed by atoms with Gasteiger partial charge in [-0.2, -0.15) is 0 Å². The summed E-state index contributed by atoms with van der Waals surface area (Å²) in [6.45, 7) is 0. The van der Waals surface area contributed by atoms with E-state index in [-0.39, 0.29) is 0 Å². The molecule has 0 saturated heterocycles. The Kier molecular flexibility index (Phi) is 5.27. The molecule has 1 heterocycles. The first kappa shape index (κ1) is 24.0. The summed E-state index contributed by atoms with van der Waals surface area (Å²) in [5.41, 5.74) is 9.08. The van der Waals surface area contributed by atoms with Crippen molar-refractivity contribution in [1.29, 1.82) is 0 Å². The summed E-state index contributed by atoms with van der Waals surface area (Å²) in [6, 6.07) is 56.7. The van der Waals surface area contributed by atoms with Gasteiger partial charge in [0.15, 0.2) is 0 Å². The second-order valence-electron chi connectivity index (χ2n) is 11.3. The lowest BCUT2D eigenvalue weighted by Crippen LogP contribution is -1.90. The Morgan fingerprint density at radius 2 is 0.907 bits per heavy atom. The highest BCUT2D eigenvalue weighted by Crippen LogP contribution is 2.45. The van der Waals surface area contributed by atoms with Gasteiger partial charge >= 0.3 is 0 Å². The summed E-state index contributed by atoms with van der Waals surface area (Å²) in [5, 5.41) is 9.77. The van der Waals surface area contributed by atoms with E-state index in [1.165, 1.54) is 54.6 Å². The molecule has 9 aromatic rings. The van der Waals surface area contributed by atoms with Crippen molar-refractivity contribution >= 4 is 54.3 Å². The molecule has 0 atom stereocenters. The predicted molar refractivity (Wildman–Crippen MR) is 183 cm³/mol. The van der Waals surface area contributed by atoms with Gasteiger partial charge in [-0.1, -0.05) is 140 Å². The Labute approximate surface area is 249 Å². The number of fused-ring (bicyclic) bond motifs is 6. The molecule has 0 aliphatic heterocycles. The largest absolute Gasteiger partial charge is 0.455 e. The van der Waals surface area contributed by atoms with E-state index < -0.39 is 0 Å². The molecule has 0 bridgehead atoms. The average molecular weight is 547 g/mol. The monoisotopic (exact) mass is 546 g/mol. The highest BCUT2D eigenvalue weighted by Gasteiger charge is 2.18. The van der Waals surface area contributed by atoms with Crippen LogP contribution in [0.25, 0.3) is 87.6 Å². The molecule has 0 aliphatic rings. The molecule has 43 heavy (non-hydrogen) atoms. The van der Waals surface area contributed by atoms with Crippen LogP contribution in [-0.2, 0) is 0 Å². The van der Waals surface area contributed by atoms with Gasteiger partial charge in [-0.25, -0.2) is 0 Å². The Bertz CT molecular complexity index is 2440. The molecule has 1 aromatic heterocycles. The summed E-state index contributed by atoms with van der Waals surface area (Å²) in [7, 11) is 0. The first-order chi connectivity index (χ1) is 21.3. The van der Waals surface area contributed by atoms with Crippen LogP contribution in [0.1, 0.15) is 0 Å². The molecule has 0 amide bonds. The summed E-state index contributed by atoms with van der Waals surface area (Å²) in [4.78, 5) is 0. The summed E-state index contributed by atoms with van der Waals surface area (Å²) in [5.74, 6) is 0. The molecule has 8 aromatic carbocycles. The second kappa shape index (κ2) is 9.44. The lowest BCUT2D eigenvalue weighted by atomic mass is 9.86. The SMILES string of the molecule is c1ccc(-c2c3ccccc3c(-c3ccc4oc5c(-c6ccc7ccccc7c6)cccc5c4c3)c3ccccc23)cc1. The number of hydrogen-bond donors (Lipinski definition) is 0. The van der Waals surface area contributed by atoms with Gasteiger partial charge in [-0.15, -0.1) is 0 Å². The molecular formula is C42H26O. The van der Waals surface area contributed by atoms with Crippen LogP contribution in [-0.4, -0.2) is 0 Å². The van der Waals surface area contributed by atoms with Crippen molar-refractivity contribution < 1.29 is 4.42 Å². The molecule has 0 unspecified atom stereocenters. The molecule has 0 fully saturated rings. The van der Waals surface area contributed by atoms with Crippen LogP contribution in [0, 0.1) is 0 Å². The van der Waals surface area contributed by atoms with Gasteiger partial charge in [0.1, 0.15) is 11.2 Å². The van der Waals surface area contributed by atoms with E-state index in [4.69, 9.17) is 4.42 Å². The minimum absolute atomic E-state index is 0.904. The third-order valence-corrected chi connectivity index (χ3v) is 8.84. The summed E-state index contributed by atoms with van der Waals surface area (Å²) >= 11 is 0. The minimum Gasteiger partial charge on any atom is -0.455 e. The van der Waals surface area contributed by atoms with Gasteiger partial charge < -0.3 is 4.42 Å². The maximum absolute atomic E-state index is 6.59. The quantitative estimate of drug-likeness (QED) is 0.201. The Morgan fingerprint density at radius 3 is 1.63 bits per heavy atom. The first-order valence-electron chi connectivity index (χ1n) is 14.8. The molecule has 0 saturated carbocycles.